The molecule has 3 unspecified atom stereocenters. The van der Waals surface area contributed by atoms with Gasteiger partial charge in [0.15, 0.2) is 0 Å². The van der Waals surface area contributed by atoms with E-state index >= 15 is 0 Å². The first-order chi connectivity index (χ1) is 4.13. The zero-order valence-electron chi connectivity index (χ0n) is 6.29. The Kier molecular flexibility index (Phi) is 1.78. The maximum absolute atomic E-state index is 5.74. The van der Waals surface area contributed by atoms with Gasteiger partial charge in [0.1, 0.15) is 0 Å². The van der Waals surface area contributed by atoms with Crippen LogP contribution in [0.4, 0.5) is 0 Å². The summed E-state index contributed by atoms with van der Waals surface area (Å²) < 4.78 is 5.39. The molecule has 0 bridgehead atoms. The molecule has 2 N–H and O–H groups in total. The van der Waals surface area contributed by atoms with E-state index in [2.05, 4.69) is 13.8 Å². The monoisotopic (exact) mass is 129 g/mol. The predicted molar refractivity (Wildman–Crippen MR) is 37.1 cm³/mol. The van der Waals surface area contributed by atoms with Crippen molar-refractivity contribution in [3.63, 3.8) is 0 Å². The van der Waals surface area contributed by atoms with E-state index in [1.807, 2.05) is 6.92 Å². The van der Waals surface area contributed by atoms with E-state index in [0.717, 1.165) is 0 Å². The molecule has 0 spiro atoms. The summed E-state index contributed by atoms with van der Waals surface area (Å²) in [5.41, 5.74) is 5.74. The minimum Gasteiger partial charge on any atom is -0.372 e. The molecule has 1 aliphatic rings. The van der Waals surface area contributed by atoms with Crippen LogP contribution in [0.2, 0.25) is 0 Å². The third-order valence-corrected chi connectivity index (χ3v) is 1.95. The lowest BCUT2D eigenvalue weighted by molar-refractivity contribution is -0.154. The van der Waals surface area contributed by atoms with Gasteiger partial charge < -0.3 is 10.5 Å². The van der Waals surface area contributed by atoms with E-state index in [4.69, 9.17) is 10.5 Å². The molecule has 1 fully saturated rings. The van der Waals surface area contributed by atoms with Gasteiger partial charge >= 0.3 is 0 Å². The molecule has 9 heavy (non-hydrogen) atoms. The minimum atomic E-state index is 0.269. The Morgan fingerprint density at radius 3 is 2.11 bits per heavy atom. The van der Waals surface area contributed by atoms with Gasteiger partial charge in [0.25, 0.3) is 0 Å². The highest BCUT2D eigenvalue weighted by Gasteiger charge is 2.37. The van der Waals surface area contributed by atoms with Gasteiger partial charge in [-0.2, -0.15) is 0 Å². The zero-order valence-corrected chi connectivity index (χ0v) is 6.29. The van der Waals surface area contributed by atoms with Gasteiger partial charge in [0.05, 0.1) is 18.2 Å². The van der Waals surface area contributed by atoms with Crippen molar-refractivity contribution in [3.05, 3.63) is 0 Å². The van der Waals surface area contributed by atoms with Crippen molar-refractivity contribution < 1.29 is 4.74 Å². The molecule has 1 rings (SSSR count). The summed E-state index contributed by atoms with van der Waals surface area (Å²) in [5.74, 6) is 0.566. The first kappa shape index (κ1) is 7.03. The molecule has 2 nitrogen and oxygen atoms in total. The van der Waals surface area contributed by atoms with E-state index < -0.39 is 0 Å². The van der Waals surface area contributed by atoms with Crippen molar-refractivity contribution >= 4 is 0 Å². The smallest absolute Gasteiger partial charge is 0.0778 e. The Labute approximate surface area is 56.4 Å². The van der Waals surface area contributed by atoms with E-state index in [0.29, 0.717) is 12.0 Å². The second kappa shape index (κ2) is 2.27. The second-order valence-corrected chi connectivity index (χ2v) is 3.13. The average molecular weight is 129 g/mol. The van der Waals surface area contributed by atoms with E-state index in [1.165, 1.54) is 0 Å². The summed E-state index contributed by atoms with van der Waals surface area (Å²) >= 11 is 0. The average Bonchev–Trinajstić information content (AvgIpc) is 1.81. The summed E-state index contributed by atoms with van der Waals surface area (Å²) in [5, 5.41) is 0. The molecule has 0 aromatic rings. The maximum Gasteiger partial charge on any atom is 0.0778 e. The Morgan fingerprint density at radius 1 is 1.44 bits per heavy atom. The normalized spacial score (nSPS) is 43.0. The van der Waals surface area contributed by atoms with Gasteiger partial charge in [0.2, 0.25) is 0 Å². The highest BCUT2D eigenvalue weighted by Crippen LogP contribution is 2.24. The molecule has 0 saturated carbocycles. The molecule has 0 radical (unpaired) electrons. The van der Waals surface area contributed by atoms with Crippen molar-refractivity contribution in [2.24, 2.45) is 11.7 Å². The molecule has 0 aromatic carbocycles. The largest absolute Gasteiger partial charge is 0.372 e. The van der Waals surface area contributed by atoms with Crippen LogP contribution in [0, 0.1) is 5.92 Å². The van der Waals surface area contributed by atoms with Gasteiger partial charge in [-0.25, -0.2) is 0 Å². The number of hydrogen-bond acceptors (Lipinski definition) is 2. The van der Waals surface area contributed by atoms with Gasteiger partial charge in [-0.15, -0.1) is 0 Å². The SMILES string of the molecule is CC(C)C1OC(C)C1N. The first-order valence-electron chi connectivity index (χ1n) is 3.54. The maximum atomic E-state index is 5.74. The number of hydrogen-bond donors (Lipinski definition) is 1. The van der Waals surface area contributed by atoms with E-state index in [1.54, 1.807) is 0 Å². The van der Waals surface area contributed by atoms with Crippen LogP contribution in [-0.2, 0) is 4.74 Å². The molecule has 1 saturated heterocycles. The summed E-state index contributed by atoms with van der Waals surface area (Å²) in [4.78, 5) is 0. The molecule has 3 atom stereocenters. The first-order valence-corrected chi connectivity index (χ1v) is 3.54. The standard InChI is InChI=1S/C7H15NO/c1-4(2)7-6(8)5(3)9-7/h4-7H,8H2,1-3H3. The van der Waals surface area contributed by atoms with Crippen LogP contribution >= 0.6 is 0 Å². The van der Waals surface area contributed by atoms with Crippen LogP contribution in [0.5, 0.6) is 0 Å². The van der Waals surface area contributed by atoms with Crippen molar-refractivity contribution in [3.8, 4) is 0 Å². The number of rotatable bonds is 1. The van der Waals surface area contributed by atoms with E-state index in [9.17, 15) is 0 Å². The highest BCUT2D eigenvalue weighted by atomic mass is 16.5. The Balaban J connectivity index is 2.33. The molecule has 54 valence electrons. The molecular formula is C7H15NO. The zero-order chi connectivity index (χ0) is 7.02. The molecule has 0 aliphatic carbocycles. The summed E-state index contributed by atoms with van der Waals surface area (Å²) in [6.45, 7) is 6.29. The highest BCUT2D eigenvalue weighted by molar-refractivity contribution is 4.90. The van der Waals surface area contributed by atoms with Crippen LogP contribution in [0.3, 0.4) is 0 Å². The third kappa shape index (κ3) is 1.10. The summed E-state index contributed by atoms with van der Waals surface area (Å²) in [6.07, 6.45) is 0.581. The third-order valence-electron chi connectivity index (χ3n) is 1.95. The molecule has 0 amide bonds. The lowest BCUT2D eigenvalue weighted by atomic mass is 9.91. The number of ether oxygens (including phenoxy) is 1. The summed E-state index contributed by atoms with van der Waals surface area (Å²) in [7, 11) is 0. The van der Waals surface area contributed by atoms with Gasteiger partial charge in [0, 0.05) is 0 Å². The van der Waals surface area contributed by atoms with Crippen molar-refractivity contribution in [1.29, 1.82) is 0 Å². The van der Waals surface area contributed by atoms with Crippen LogP contribution in [0.15, 0.2) is 0 Å². The van der Waals surface area contributed by atoms with Gasteiger partial charge in [-0.05, 0) is 12.8 Å². The predicted octanol–water partition coefficient (Wildman–Crippen LogP) is 0.757. The van der Waals surface area contributed by atoms with Crippen LogP contribution < -0.4 is 5.73 Å². The quantitative estimate of drug-likeness (QED) is 0.567. The fourth-order valence-electron chi connectivity index (χ4n) is 1.21. The second-order valence-electron chi connectivity index (χ2n) is 3.13. The van der Waals surface area contributed by atoms with Crippen molar-refractivity contribution in [2.45, 2.75) is 39.0 Å². The van der Waals surface area contributed by atoms with Crippen LogP contribution in [0.25, 0.3) is 0 Å². The van der Waals surface area contributed by atoms with Crippen LogP contribution in [-0.4, -0.2) is 18.2 Å². The molecular weight excluding hydrogens is 114 g/mol. The Hall–Kier alpha value is -0.0800. The molecule has 1 heterocycles. The Morgan fingerprint density at radius 2 is 2.00 bits per heavy atom. The topological polar surface area (TPSA) is 35.2 Å². The van der Waals surface area contributed by atoms with Gasteiger partial charge in [-0.1, -0.05) is 13.8 Å². The lowest BCUT2D eigenvalue weighted by Gasteiger charge is -2.43. The number of nitrogens with two attached hydrogens (primary N) is 1. The molecule has 2 heteroatoms. The fraction of sp³-hybridized carbons (Fsp3) is 1.00. The summed E-state index contributed by atoms with van der Waals surface area (Å²) in [6, 6.07) is 0.269. The van der Waals surface area contributed by atoms with E-state index in [-0.39, 0.29) is 12.1 Å². The van der Waals surface area contributed by atoms with Gasteiger partial charge in [-0.3, -0.25) is 0 Å². The van der Waals surface area contributed by atoms with Crippen molar-refractivity contribution in [1.82, 2.24) is 0 Å². The molecule has 1 aliphatic heterocycles. The fourth-order valence-corrected chi connectivity index (χ4v) is 1.21. The van der Waals surface area contributed by atoms with Crippen LogP contribution in [0.1, 0.15) is 20.8 Å². The Bertz CT molecular complexity index is 103. The minimum absolute atomic E-state index is 0.269. The van der Waals surface area contributed by atoms with Crippen molar-refractivity contribution in [2.75, 3.05) is 0 Å². The lowest BCUT2D eigenvalue weighted by Crippen LogP contribution is -2.59. The molecule has 0 aromatic heterocycles.